The molecule has 3 nitrogen and oxygen atoms in total. The number of hydrogen-bond donors (Lipinski definition) is 1. The molecule has 0 bridgehead atoms. The fourth-order valence-electron chi connectivity index (χ4n) is 2.36. The maximum absolute atomic E-state index is 5.62. The summed E-state index contributed by atoms with van der Waals surface area (Å²) in [7, 11) is 3.36. The molecule has 0 saturated heterocycles. The Morgan fingerprint density at radius 3 is 2.30 bits per heavy atom. The molecule has 4 heteroatoms. The van der Waals surface area contributed by atoms with E-state index in [1.807, 2.05) is 6.07 Å². The van der Waals surface area contributed by atoms with Gasteiger partial charge in [-0.2, -0.15) is 0 Å². The number of halogens is 1. The highest BCUT2D eigenvalue weighted by Gasteiger charge is 2.31. The van der Waals surface area contributed by atoms with E-state index >= 15 is 0 Å². The second kappa shape index (κ2) is 7.32. The molecule has 1 aromatic rings. The van der Waals surface area contributed by atoms with E-state index in [-0.39, 0.29) is 11.5 Å². The molecule has 0 aliphatic carbocycles. The van der Waals surface area contributed by atoms with Crippen LogP contribution in [0.1, 0.15) is 45.7 Å². The average Bonchev–Trinajstić information content (AvgIpc) is 2.44. The van der Waals surface area contributed by atoms with E-state index in [1.54, 1.807) is 14.2 Å². The minimum atomic E-state index is 0.136. The summed E-state index contributed by atoms with van der Waals surface area (Å²) in [5.74, 6) is 1.63. The molecule has 0 aromatic heterocycles. The zero-order valence-corrected chi connectivity index (χ0v) is 14.9. The first-order valence-electron chi connectivity index (χ1n) is 7.06. The van der Waals surface area contributed by atoms with E-state index < -0.39 is 0 Å². The van der Waals surface area contributed by atoms with Crippen LogP contribution in [0.4, 0.5) is 0 Å². The van der Waals surface area contributed by atoms with E-state index in [0.717, 1.165) is 34.5 Å². The normalized spacial score (nSPS) is 13.2. The van der Waals surface area contributed by atoms with E-state index in [9.17, 15) is 0 Å². The predicted octanol–water partition coefficient (Wildman–Crippen LogP) is 4.55. The standard InChI is InChI=1S/C16H26BrNO2/c1-7-16(3,4)15(18-8-2)11-9-10-12(19-5)13(17)14(11)20-6/h9-10,15,18H,7-8H2,1-6H3. The Kier molecular flexibility index (Phi) is 6.34. The van der Waals surface area contributed by atoms with Gasteiger partial charge in [0.25, 0.3) is 0 Å². The van der Waals surface area contributed by atoms with Crippen LogP contribution >= 0.6 is 15.9 Å². The fourth-order valence-corrected chi connectivity index (χ4v) is 3.05. The molecule has 114 valence electrons. The highest BCUT2D eigenvalue weighted by molar-refractivity contribution is 9.10. The molecule has 0 amide bonds. The second-order valence-electron chi connectivity index (χ2n) is 5.54. The summed E-state index contributed by atoms with van der Waals surface area (Å²) in [4.78, 5) is 0. The highest BCUT2D eigenvalue weighted by atomic mass is 79.9. The number of hydrogen-bond acceptors (Lipinski definition) is 3. The fraction of sp³-hybridized carbons (Fsp3) is 0.625. The molecule has 0 fully saturated rings. The number of rotatable bonds is 7. The number of ether oxygens (including phenoxy) is 2. The van der Waals surface area contributed by atoms with Gasteiger partial charge in [0.1, 0.15) is 16.0 Å². The van der Waals surface area contributed by atoms with Crippen molar-refractivity contribution in [3.05, 3.63) is 22.2 Å². The lowest BCUT2D eigenvalue weighted by Gasteiger charge is -2.35. The van der Waals surface area contributed by atoms with Gasteiger partial charge in [-0.05, 0) is 46.4 Å². The lowest BCUT2D eigenvalue weighted by Crippen LogP contribution is -2.34. The third-order valence-electron chi connectivity index (χ3n) is 3.93. The Hall–Kier alpha value is -0.740. The molecule has 1 N–H and O–H groups in total. The molecule has 0 saturated carbocycles. The predicted molar refractivity (Wildman–Crippen MR) is 87.7 cm³/mol. The van der Waals surface area contributed by atoms with Crippen LogP contribution in [0.2, 0.25) is 0 Å². The van der Waals surface area contributed by atoms with Crippen molar-refractivity contribution in [1.29, 1.82) is 0 Å². The molecule has 0 heterocycles. The first-order valence-corrected chi connectivity index (χ1v) is 7.85. The molecule has 1 rings (SSSR count). The zero-order chi connectivity index (χ0) is 15.3. The number of methoxy groups -OCH3 is 2. The van der Waals surface area contributed by atoms with E-state index in [0.29, 0.717) is 0 Å². The Balaban J connectivity index is 3.37. The summed E-state index contributed by atoms with van der Waals surface area (Å²) in [6.07, 6.45) is 1.08. The molecule has 1 unspecified atom stereocenters. The third kappa shape index (κ3) is 3.47. The van der Waals surface area contributed by atoms with Gasteiger partial charge in [-0.3, -0.25) is 0 Å². The minimum absolute atomic E-state index is 0.136. The van der Waals surface area contributed by atoms with Crippen molar-refractivity contribution >= 4 is 15.9 Å². The minimum Gasteiger partial charge on any atom is -0.495 e. The summed E-state index contributed by atoms with van der Waals surface area (Å²) in [6.45, 7) is 9.82. The maximum Gasteiger partial charge on any atom is 0.141 e. The Bertz CT molecular complexity index is 446. The van der Waals surface area contributed by atoms with Crippen LogP contribution < -0.4 is 14.8 Å². The second-order valence-corrected chi connectivity index (χ2v) is 6.33. The summed E-state index contributed by atoms with van der Waals surface area (Å²) in [6, 6.07) is 4.31. The smallest absolute Gasteiger partial charge is 0.141 e. The van der Waals surface area contributed by atoms with Crippen LogP contribution in [0.25, 0.3) is 0 Å². The summed E-state index contributed by atoms with van der Waals surface area (Å²) >= 11 is 3.58. The number of benzene rings is 1. The average molecular weight is 344 g/mol. The topological polar surface area (TPSA) is 30.5 Å². The molecule has 20 heavy (non-hydrogen) atoms. The molecule has 1 atom stereocenters. The van der Waals surface area contributed by atoms with E-state index in [1.165, 1.54) is 0 Å². The molecule has 1 aromatic carbocycles. The van der Waals surface area contributed by atoms with Crippen molar-refractivity contribution < 1.29 is 9.47 Å². The SMILES string of the molecule is CCNC(c1ccc(OC)c(Br)c1OC)C(C)(C)CC. The van der Waals surface area contributed by atoms with Gasteiger partial charge in [0, 0.05) is 11.6 Å². The van der Waals surface area contributed by atoms with Gasteiger partial charge in [-0.1, -0.05) is 27.7 Å². The monoisotopic (exact) mass is 343 g/mol. The van der Waals surface area contributed by atoms with E-state index in [4.69, 9.17) is 9.47 Å². The number of nitrogens with one attached hydrogen (secondary N) is 1. The van der Waals surface area contributed by atoms with Crippen molar-refractivity contribution in [3.63, 3.8) is 0 Å². The Morgan fingerprint density at radius 1 is 1.20 bits per heavy atom. The van der Waals surface area contributed by atoms with Gasteiger partial charge in [-0.15, -0.1) is 0 Å². The van der Waals surface area contributed by atoms with E-state index in [2.05, 4.69) is 55.0 Å². The van der Waals surface area contributed by atoms with Crippen molar-refractivity contribution in [2.24, 2.45) is 5.41 Å². The lowest BCUT2D eigenvalue weighted by atomic mass is 9.78. The van der Waals surface area contributed by atoms with Crippen molar-refractivity contribution in [1.82, 2.24) is 5.32 Å². The molecular weight excluding hydrogens is 318 g/mol. The quantitative estimate of drug-likeness (QED) is 0.787. The van der Waals surface area contributed by atoms with Crippen LogP contribution in [0.15, 0.2) is 16.6 Å². The Labute approximate surface area is 131 Å². The summed E-state index contributed by atoms with van der Waals surface area (Å²) in [5, 5.41) is 3.59. The first-order chi connectivity index (χ1) is 9.42. The molecule has 0 aliphatic rings. The third-order valence-corrected chi connectivity index (χ3v) is 4.68. The van der Waals surface area contributed by atoms with Crippen molar-refractivity contribution in [2.45, 2.75) is 40.2 Å². The lowest BCUT2D eigenvalue weighted by molar-refractivity contribution is 0.231. The van der Waals surface area contributed by atoms with Gasteiger partial charge >= 0.3 is 0 Å². The molecule has 0 radical (unpaired) electrons. The van der Waals surface area contributed by atoms with Crippen LogP contribution in [-0.4, -0.2) is 20.8 Å². The first kappa shape index (κ1) is 17.3. The summed E-state index contributed by atoms with van der Waals surface area (Å²) in [5.41, 5.74) is 1.30. The van der Waals surface area contributed by atoms with Crippen LogP contribution in [-0.2, 0) is 0 Å². The largest absolute Gasteiger partial charge is 0.495 e. The summed E-state index contributed by atoms with van der Waals surface area (Å²) < 4.78 is 11.8. The van der Waals surface area contributed by atoms with Gasteiger partial charge in [0.15, 0.2) is 0 Å². The van der Waals surface area contributed by atoms with Crippen LogP contribution in [0, 0.1) is 5.41 Å². The maximum atomic E-state index is 5.62. The van der Waals surface area contributed by atoms with Crippen LogP contribution in [0.3, 0.4) is 0 Å². The molecule has 0 aliphatic heterocycles. The molecular formula is C16H26BrNO2. The highest BCUT2D eigenvalue weighted by Crippen LogP contribution is 2.45. The van der Waals surface area contributed by atoms with Gasteiger partial charge in [-0.25, -0.2) is 0 Å². The van der Waals surface area contributed by atoms with Crippen molar-refractivity contribution in [3.8, 4) is 11.5 Å². The van der Waals surface area contributed by atoms with Gasteiger partial charge < -0.3 is 14.8 Å². The van der Waals surface area contributed by atoms with Crippen molar-refractivity contribution in [2.75, 3.05) is 20.8 Å². The van der Waals surface area contributed by atoms with Gasteiger partial charge in [0.05, 0.1) is 14.2 Å². The zero-order valence-electron chi connectivity index (χ0n) is 13.3. The van der Waals surface area contributed by atoms with Crippen LogP contribution in [0.5, 0.6) is 11.5 Å². The van der Waals surface area contributed by atoms with Gasteiger partial charge in [0.2, 0.25) is 0 Å². The molecule has 0 spiro atoms. The Morgan fingerprint density at radius 2 is 1.85 bits per heavy atom.